The molecule has 208 valence electrons. The Morgan fingerprint density at radius 3 is 1.84 bits per heavy atom. The van der Waals surface area contributed by atoms with E-state index in [0.29, 0.717) is 12.0 Å². The van der Waals surface area contributed by atoms with E-state index in [2.05, 4.69) is 6.58 Å². The smallest absolute Gasteiger partial charge is 0.303 e. The van der Waals surface area contributed by atoms with E-state index in [1.165, 1.54) is 27.7 Å². The summed E-state index contributed by atoms with van der Waals surface area (Å²) in [5.74, 6) is -5.60. The van der Waals surface area contributed by atoms with Gasteiger partial charge in [0.1, 0.15) is 18.3 Å². The quantitative estimate of drug-likeness (QED) is 0.301. The predicted octanol–water partition coefficient (Wildman–Crippen LogP) is 2.50. The summed E-state index contributed by atoms with van der Waals surface area (Å²) < 4.78 is 23.0. The molecule has 10 heteroatoms. The summed E-state index contributed by atoms with van der Waals surface area (Å²) in [6.45, 7) is 14.2. The number of Topliss-reactive ketones (excluding diaryl/α,β-unsaturated/α-hetero) is 2. The molecule has 0 unspecified atom stereocenters. The Hall–Kier alpha value is -3.04. The molecule has 0 saturated heterocycles. The van der Waals surface area contributed by atoms with Crippen LogP contribution in [0.3, 0.4) is 0 Å². The van der Waals surface area contributed by atoms with Crippen molar-refractivity contribution in [3.05, 3.63) is 12.2 Å². The molecule has 4 aliphatic rings. The van der Waals surface area contributed by atoms with Crippen molar-refractivity contribution in [2.75, 3.05) is 0 Å². The van der Waals surface area contributed by atoms with Gasteiger partial charge in [0.25, 0.3) is 0 Å². The lowest BCUT2D eigenvalue weighted by molar-refractivity contribution is -0.265. The number of carbonyl (C=O) groups excluding carboxylic acids is 6. The third-order valence-electron chi connectivity index (χ3n) is 9.45. The molecule has 9 atom stereocenters. The highest BCUT2D eigenvalue weighted by Gasteiger charge is 2.80. The number of ether oxygens (including phenoxy) is 4. The zero-order valence-electron chi connectivity index (χ0n) is 23.0. The Bertz CT molecular complexity index is 1140. The first kappa shape index (κ1) is 28.0. The van der Waals surface area contributed by atoms with E-state index in [9.17, 15) is 28.8 Å². The zero-order valence-corrected chi connectivity index (χ0v) is 23.0. The molecule has 10 nitrogen and oxygen atoms in total. The van der Waals surface area contributed by atoms with E-state index < -0.39 is 87.9 Å². The van der Waals surface area contributed by atoms with Gasteiger partial charge in [0.05, 0.1) is 5.41 Å². The van der Waals surface area contributed by atoms with Gasteiger partial charge in [-0.05, 0) is 24.3 Å². The zero-order chi connectivity index (χ0) is 28.5. The van der Waals surface area contributed by atoms with Crippen molar-refractivity contribution in [3.8, 4) is 0 Å². The Labute approximate surface area is 221 Å². The van der Waals surface area contributed by atoms with Crippen molar-refractivity contribution in [1.82, 2.24) is 0 Å². The first-order valence-corrected chi connectivity index (χ1v) is 13.0. The van der Waals surface area contributed by atoms with Crippen LogP contribution < -0.4 is 0 Å². The minimum absolute atomic E-state index is 0.0720. The number of fused-ring (bicyclic) bond motifs is 3. The number of hydrogen-bond acceptors (Lipinski definition) is 10. The lowest BCUT2D eigenvalue weighted by Crippen LogP contribution is -2.76. The van der Waals surface area contributed by atoms with E-state index in [4.69, 9.17) is 18.9 Å². The SMILES string of the molecule is C=C1C(=O)[C@]23C[C@H]1C[C@H](OC(C)=O)[C@H]2[C@]1(C)[C@@H](OC(C)=O)C[C@H](OC(C)=O)C(C)(C)[C@H]1C(=O)[C@@H]3OC(C)=O. The van der Waals surface area contributed by atoms with Gasteiger partial charge in [0.15, 0.2) is 17.7 Å². The normalized spacial score (nSPS) is 40.9. The summed E-state index contributed by atoms with van der Waals surface area (Å²) in [7, 11) is 0. The van der Waals surface area contributed by atoms with Crippen LogP contribution >= 0.6 is 0 Å². The van der Waals surface area contributed by atoms with Crippen molar-refractivity contribution < 1.29 is 47.7 Å². The fraction of sp³-hybridized carbons (Fsp3) is 0.714. The Morgan fingerprint density at radius 2 is 1.32 bits per heavy atom. The van der Waals surface area contributed by atoms with Crippen LogP contribution in [-0.2, 0) is 47.7 Å². The highest BCUT2D eigenvalue weighted by atomic mass is 16.6. The number of hydrogen-bond donors (Lipinski definition) is 0. The largest absolute Gasteiger partial charge is 0.462 e. The summed E-state index contributed by atoms with van der Waals surface area (Å²) in [6, 6.07) is 0. The number of rotatable bonds is 4. The van der Waals surface area contributed by atoms with E-state index in [1.807, 2.05) is 0 Å². The van der Waals surface area contributed by atoms with Crippen LogP contribution in [0.2, 0.25) is 0 Å². The maximum Gasteiger partial charge on any atom is 0.303 e. The molecule has 4 aliphatic carbocycles. The first-order valence-electron chi connectivity index (χ1n) is 13.0. The van der Waals surface area contributed by atoms with Gasteiger partial charge in [-0.15, -0.1) is 0 Å². The van der Waals surface area contributed by atoms with Crippen LogP contribution in [0.5, 0.6) is 0 Å². The van der Waals surface area contributed by atoms with Crippen LogP contribution in [0.15, 0.2) is 12.2 Å². The second-order valence-electron chi connectivity index (χ2n) is 12.1. The number of ketones is 2. The van der Waals surface area contributed by atoms with Crippen LogP contribution in [0.4, 0.5) is 0 Å². The number of allylic oxidation sites excluding steroid dienone is 1. The Kier molecular flexibility index (Phi) is 6.64. The topological polar surface area (TPSA) is 139 Å². The number of esters is 4. The molecular weight excluding hydrogens is 496 g/mol. The van der Waals surface area contributed by atoms with Crippen LogP contribution in [0.25, 0.3) is 0 Å². The van der Waals surface area contributed by atoms with Crippen molar-refractivity contribution in [2.24, 2.45) is 34.0 Å². The Morgan fingerprint density at radius 1 is 0.789 bits per heavy atom. The van der Waals surface area contributed by atoms with Gasteiger partial charge in [0.2, 0.25) is 0 Å². The second kappa shape index (κ2) is 9.02. The summed E-state index contributed by atoms with van der Waals surface area (Å²) in [5.41, 5.74) is -3.51. The second-order valence-corrected chi connectivity index (χ2v) is 12.1. The summed E-state index contributed by atoms with van der Waals surface area (Å²) in [4.78, 5) is 77.7. The van der Waals surface area contributed by atoms with Gasteiger partial charge in [-0.25, -0.2) is 0 Å². The third-order valence-corrected chi connectivity index (χ3v) is 9.45. The average molecular weight is 533 g/mol. The summed E-state index contributed by atoms with van der Waals surface area (Å²) in [5, 5.41) is 0. The van der Waals surface area contributed by atoms with Crippen molar-refractivity contribution in [2.45, 2.75) is 92.1 Å². The predicted molar refractivity (Wildman–Crippen MR) is 130 cm³/mol. The van der Waals surface area contributed by atoms with Crippen LogP contribution in [0, 0.1) is 34.0 Å². The van der Waals surface area contributed by atoms with Crippen molar-refractivity contribution in [3.63, 3.8) is 0 Å². The fourth-order valence-electron chi connectivity index (χ4n) is 8.51. The van der Waals surface area contributed by atoms with E-state index >= 15 is 0 Å². The molecule has 0 aromatic carbocycles. The minimum atomic E-state index is -1.54. The molecule has 0 aromatic rings. The highest BCUT2D eigenvalue weighted by Crippen LogP contribution is 2.71. The Balaban J connectivity index is 2.04. The van der Waals surface area contributed by atoms with Gasteiger partial charge < -0.3 is 18.9 Å². The summed E-state index contributed by atoms with van der Waals surface area (Å²) in [6.07, 6.45) is -3.54. The maximum atomic E-state index is 14.5. The molecule has 0 aliphatic heterocycles. The van der Waals surface area contributed by atoms with Gasteiger partial charge in [-0.1, -0.05) is 27.4 Å². The highest BCUT2D eigenvalue weighted by molar-refractivity contribution is 6.08. The van der Waals surface area contributed by atoms with Crippen LogP contribution in [0.1, 0.15) is 67.7 Å². The van der Waals surface area contributed by atoms with Gasteiger partial charge in [-0.3, -0.25) is 28.8 Å². The maximum absolute atomic E-state index is 14.5. The molecule has 4 saturated carbocycles. The van der Waals surface area contributed by atoms with E-state index in [-0.39, 0.29) is 18.8 Å². The third kappa shape index (κ3) is 3.81. The van der Waals surface area contributed by atoms with E-state index in [0.717, 1.165) is 0 Å². The molecule has 0 aromatic heterocycles. The molecule has 38 heavy (non-hydrogen) atoms. The molecule has 0 amide bonds. The van der Waals surface area contributed by atoms with Gasteiger partial charge >= 0.3 is 23.9 Å². The number of carbonyl (C=O) groups is 6. The van der Waals surface area contributed by atoms with Crippen molar-refractivity contribution in [1.29, 1.82) is 0 Å². The molecule has 4 fully saturated rings. The van der Waals surface area contributed by atoms with Crippen LogP contribution in [-0.4, -0.2) is 59.9 Å². The standard InChI is InChI=1S/C28H36O10/c1-12-17-9-18(35-13(2)29)22-27(8)20(37-15(4)31)10-19(36-14(3)30)26(6,7)23(27)21(33)25(38-16(5)32)28(22,11-17)24(12)34/h17-20,22-23,25H,1,9-11H2,2-8H3/t17-,18+,19+,20+,22+,23-,25+,27+,28+/m1/s1. The average Bonchev–Trinajstić information content (AvgIpc) is 2.95. The van der Waals surface area contributed by atoms with E-state index in [1.54, 1.807) is 20.8 Å². The van der Waals surface area contributed by atoms with Gasteiger partial charge in [-0.2, -0.15) is 0 Å². The molecule has 2 bridgehead atoms. The molecule has 4 rings (SSSR count). The molecular formula is C28H36O10. The van der Waals surface area contributed by atoms with Gasteiger partial charge in [0, 0.05) is 56.8 Å². The first-order chi connectivity index (χ1) is 17.5. The molecule has 0 N–H and O–H groups in total. The monoisotopic (exact) mass is 532 g/mol. The summed E-state index contributed by atoms with van der Waals surface area (Å²) >= 11 is 0. The lowest BCUT2D eigenvalue weighted by Gasteiger charge is -2.66. The minimum Gasteiger partial charge on any atom is -0.462 e. The van der Waals surface area contributed by atoms with Crippen molar-refractivity contribution >= 4 is 35.4 Å². The molecule has 0 heterocycles. The fourth-order valence-corrected chi connectivity index (χ4v) is 8.51. The molecule has 1 spiro atoms. The molecule has 0 radical (unpaired) electrons. The lowest BCUT2D eigenvalue weighted by atomic mass is 9.38.